The van der Waals surface area contributed by atoms with Crippen molar-refractivity contribution in [1.29, 1.82) is 0 Å². The van der Waals surface area contributed by atoms with Gasteiger partial charge in [0.2, 0.25) is 5.91 Å². The Morgan fingerprint density at radius 3 is 2.62 bits per heavy atom. The Kier molecular flexibility index (Phi) is 4.02. The van der Waals surface area contributed by atoms with E-state index in [-0.39, 0.29) is 12.1 Å². The van der Waals surface area contributed by atoms with Gasteiger partial charge in [0.25, 0.3) is 5.56 Å². The fourth-order valence-corrected chi connectivity index (χ4v) is 1.85. The number of aromatic amines is 1. The molecule has 1 amide bonds. The van der Waals surface area contributed by atoms with Gasteiger partial charge in [-0.15, -0.1) is 0 Å². The lowest BCUT2D eigenvalue weighted by molar-refractivity contribution is -0.116. The molecule has 0 fully saturated rings. The molecule has 0 aromatic carbocycles. The van der Waals surface area contributed by atoms with E-state index in [4.69, 9.17) is 5.73 Å². The first-order chi connectivity index (χ1) is 9.88. The number of nitrogens with one attached hydrogen (secondary N) is 1. The van der Waals surface area contributed by atoms with Crippen molar-refractivity contribution in [1.82, 2.24) is 15.0 Å². The quantitative estimate of drug-likeness (QED) is 0.845. The molecule has 0 aliphatic carbocycles. The van der Waals surface area contributed by atoms with E-state index in [9.17, 15) is 9.59 Å². The van der Waals surface area contributed by atoms with Crippen LogP contribution in [-0.4, -0.2) is 34.5 Å². The fourth-order valence-electron chi connectivity index (χ4n) is 1.85. The van der Waals surface area contributed by atoms with Crippen molar-refractivity contribution in [3.05, 3.63) is 39.9 Å². The smallest absolute Gasteiger partial charge is 0.254 e. The summed E-state index contributed by atoms with van der Waals surface area (Å²) in [6.07, 6.45) is 1.60. The molecule has 2 aromatic rings. The zero-order valence-corrected chi connectivity index (χ0v) is 12.2. The Morgan fingerprint density at radius 2 is 2.10 bits per heavy atom. The molecule has 2 aromatic heterocycles. The normalized spacial score (nSPS) is 10.4. The zero-order chi connectivity index (χ0) is 15.6. The van der Waals surface area contributed by atoms with E-state index < -0.39 is 5.91 Å². The summed E-state index contributed by atoms with van der Waals surface area (Å²) in [5, 5.41) is 0. The summed E-state index contributed by atoms with van der Waals surface area (Å²) < 4.78 is 0. The van der Waals surface area contributed by atoms with Gasteiger partial charge >= 0.3 is 0 Å². The molecule has 0 radical (unpaired) electrons. The maximum Gasteiger partial charge on any atom is 0.254 e. The fraction of sp³-hybridized carbons (Fsp3) is 0.286. The first kappa shape index (κ1) is 14.7. The highest BCUT2D eigenvalue weighted by atomic mass is 16.1. The number of aromatic nitrogens is 3. The molecular formula is C14H17N5O2. The van der Waals surface area contributed by atoms with Gasteiger partial charge in [0, 0.05) is 30.1 Å². The number of aryl methyl sites for hydroxylation is 1. The molecule has 0 saturated heterocycles. The van der Waals surface area contributed by atoms with Crippen LogP contribution in [0.25, 0.3) is 11.4 Å². The standard InChI is InChI=1S/C14H17N5O2/c1-8-9(2)17-13(18-14(8)21)10-4-5-12(16-6-10)19(3)7-11(15)20/h4-6H,7H2,1-3H3,(H2,15,20)(H,17,18,21). The number of primary amides is 1. The van der Waals surface area contributed by atoms with Gasteiger partial charge in [0.05, 0.1) is 6.54 Å². The second-order valence-corrected chi connectivity index (χ2v) is 4.85. The number of anilines is 1. The van der Waals surface area contributed by atoms with Gasteiger partial charge in [-0.2, -0.15) is 0 Å². The third kappa shape index (κ3) is 3.25. The summed E-state index contributed by atoms with van der Waals surface area (Å²) in [7, 11) is 1.73. The third-order valence-electron chi connectivity index (χ3n) is 3.20. The van der Waals surface area contributed by atoms with Crippen molar-refractivity contribution < 1.29 is 4.79 Å². The number of rotatable bonds is 4. The van der Waals surface area contributed by atoms with Crippen molar-refractivity contribution in [2.45, 2.75) is 13.8 Å². The average Bonchev–Trinajstić information content (AvgIpc) is 2.43. The number of carbonyl (C=O) groups is 1. The average molecular weight is 287 g/mol. The Labute approximate surface area is 121 Å². The second kappa shape index (κ2) is 5.74. The Bertz CT molecular complexity index is 721. The first-order valence-electron chi connectivity index (χ1n) is 6.42. The molecule has 0 unspecified atom stereocenters. The number of nitrogens with two attached hydrogens (primary N) is 1. The van der Waals surface area contributed by atoms with E-state index in [0.29, 0.717) is 28.5 Å². The molecule has 0 aliphatic rings. The van der Waals surface area contributed by atoms with E-state index >= 15 is 0 Å². The number of hydrogen-bond donors (Lipinski definition) is 2. The van der Waals surface area contributed by atoms with Crippen molar-refractivity contribution in [3.63, 3.8) is 0 Å². The lowest BCUT2D eigenvalue weighted by Crippen LogP contribution is -2.30. The molecule has 0 atom stereocenters. The van der Waals surface area contributed by atoms with Crippen molar-refractivity contribution in [3.8, 4) is 11.4 Å². The monoisotopic (exact) mass is 287 g/mol. The highest BCUT2D eigenvalue weighted by molar-refractivity contribution is 5.79. The molecule has 110 valence electrons. The van der Waals surface area contributed by atoms with E-state index in [2.05, 4.69) is 15.0 Å². The lowest BCUT2D eigenvalue weighted by atomic mass is 10.2. The van der Waals surface area contributed by atoms with Crippen LogP contribution in [0.3, 0.4) is 0 Å². The zero-order valence-electron chi connectivity index (χ0n) is 12.2. The molecule has 7 nitrogen and oxygen atoms in total. The van der Waals surface area contributed by atoms with Crippen LogP contribution in [0, 0.1) is 13.8 Å². The predicted octanol–water partition coefficient (Wildman–Crippen LogP) is 0.370. The largest absolute Gasteiger partial charge is 0.368 e. The second-order valence-electron chi connectivity index (χ2n) is 4.85. The van der Waals surface area contributed by atoms with E-state index in [1.54, 1.807) is 44.1 Å². The van der Waals surface area contributed by atoms with Crippen LogP contribution in [0.4, 0.5) is 5.82 Å². The number of nitrogens with zero attached hydrogens (tertiary/aromatic N) is 3. The Balaban J connectivity index is 2.31. The molecule has 2 heterocycles. The predicted molar refractivity (Wildman–Crippen MR) is 80.0 cm³/mol. The summed E-state index contributed by atoms with van der Waals surface area (Å²) in [5.41, 5.74) is 6.97. The minimum absolute atomic E-state index is 0.0884. The third-order valence-corrected chi connectivity index (χ3v) is 3.20. The first-order valence-corrected chi connectivity index (χ1v) is 6.42. The van der Waals surface area contributed by atoms with Gasteiger partial charge in [0.1, 0.15) is 11.6 Å². The van der Waals surface area contributed by atoms with Gasteiger partial charge in [-0.1, -0.05) is 0 Å². The molecule has 3 N–H and O–H groups in total. The van der Waals surface area contributed by atoms with Crippen LogP contribution in [0.2, 0.25) is 0 Å². The topological polar surface area (TPSA) is 105 Å². The summed E-state index contributed by atoms with van der Waals surface area (Å²) in [4.78, 5) is 35.6. The van der Waals surface area contributed by atoms with Crippen LogP contribution in [0.5, 0.6) is 0 Å². The van der Waals surface area contributed by atoms with Gasteiger partial charge in [-0.05, 0) is 26.0 Å². The number of carbonyl (C=O) groups excluding carboxylic acids is 1. The van der Waals surface area contributed by atoms with Crippen LogP contribution in [0.15, 0.2) is 23.1 Å². The van der Waals surface area contributed by atoms with Crippen LogP contribution in [-0.2, 0) is 4.79 Å². The number of hydrogen-bond acceptors (Lipinski definition) is 5. The van der Waals surface area contributed by atoms with Gasteiger partial charge < -0.3 is 15.6 Å². The van der Waals surface area contributed by atoms with Crippen LogP contribution >= 0.6 is 0 Å². The van der Waals surface area contributed by atoms with E-state index in [1.807, 2.05) is 0 Å². The minimum atomic E-state index is -0.427. The SMILES string of the molecule is Cc1nc(-c2ccc(N(C)CC(N)=O)nc2)[nH]c(=O)c1C. The molecular weight excluding hydrogens is 270 g/mol. The van der Waals surface area contributed by atoms with Gasteiger partial charge in [-0.25, -0.2) is 9.97 Å². The molecule has 21 heavy (non-hydrogen) atoms. The summed E-state index contributed by atoms with van der Waals surface area (Å²) in [5.74, 6) is 0.659. The molecule has 0 bridgehead atoms. The highest BCUT2D eigenvalue weighted by Crippen LogP contribution is 2.16. The van der Waals surface area contributed by atoms with E-state index in [0.717, 1.165) is 0 Å². The number of H-pyrrole nitrogens is 1. The number of pyridine rings is 1. The molecule has 2 rings (SSSR count). The molecule has 0 spiro atoms. The number of likely N-dealkylation sites (N-methyl/N-ethyl adjacent to an activating group) is 1. The van der Waals surface area contributed by atoms with Crippen molar-refractivity contribution >= 4 is 11.7 Å². The van der Waals surface area contributed by atoms with E-state index in [1.165, 1.54) is 0 Å². The summed E-state index contributed by atoms with van der Waals surface area (Å²) in [6.45, 7) is 3.60. The minimum Gasteiger partial charge on any atom is -0.368 e. The maximum atomic E-state index is 11.8. The van der Waals surface area contributed by atoms with Crippen molar-refractivity contribution in [2.24, 2.45) is 5.73 Å². The number of amides is 1. The molecule has 0 aliphatic heterocycles. The van der Waals surface area contributed by atoms with Gasteiger partial charge in [0.15, 0.2) is 0 Å². The Morgan fingerprint density at radius 1 is 1.38 bits per heavy atom. The van der Waals surface area contributed by atoms with Crippen LogP contribution < -0.4 is 16.2 Å². The molecule has 0 saturated carbocycles. The lowest BCUT2D eigenvalue weighted by Gasteiger charge is -2.16. The maximum absolute atomic E-state index is 11.8. The highest BCUT2D eigenvalue weighted by Gasteiger charge is 2.09. The summed E-state index contributed by atoms with van der Waals surface area (Å²) >= 11 is 0. The van der Waals surface area contributed by atoms with Gasteiger partial charge in [-0.3, -0.25) is 9.59 Å². The molecule has 7 heteroatoms. The van der Waals surface area contributed by atoms with Crippen LogP contribution in [0.1, 0.15) is 11.3 Å². The Hall–Kier alpha value is -2.70. The summed E-state index contributed by atoms with van der Waals surface area (Å²) in [6, 6.07) is 3.53. The van der Waals surface area contributed by atoms with Crippen molar-refractivity contribution in [2.75, 3.05) is 18.5 Å².